The molecule has 1 aromatic heterocycles. The molecule has 0 aliphatic carbocycles. The van der Waals surface area contributed by atoms with E-state index in [9.17, 15) is 4.79 Å². The van der Waals surface area contributed by atoms with Crippen molar-refractivity contribution in [3.8, 4) is 0 Å². The number of amides is 1. The molecule has 1 amide bonds. The van der Waals surface area contributed by atoms with Crippen LogP contribution in [0.25, 0.3) is 0 Å². The topological polar surface area (TPSA) is 61.4 Å². The summed E-state index contributed by atoms with van der Waals surface area (Å²) in [6, 6.07) is 17.6. The van der Waals surface area contributed by atoms with Crippen LogP contribution in [0, 0.1) is 13.8 Å². The lowest BCUT2D eigenvalue weighted by Gasteiger charge is -2.23. The first-order valence-corrected chi connectivity index (χ1v) is 9.66. The molecule has 6 heteroatoms. The van der Waals surface area contributed by atoms with Crippen molar-refractivity contribution in [1.82, 2.24) is 9.97 Å². The van der Waals surface area contributed by atoms with Gasteiger partial charge in [0.1, 0.15) is 17.3 Å². The Morgan fingerprint density at radius 3 is 2.31 bits per heavy atom. The van der Waals surface area contributed by atoms with Crippen LogP contribution in [0.2, 0.25) is 0 Å². The van der Waals surface area contributed by atoms with Gasteiger partial charge in [0.2, 0.25) is 0 Å². The fraction of sp³-hybridized carbons (Fsp3) is 0.261. The lowest BCUT2D eigenvalue weighted by Crippen LogP contribution is -2.21. The summed E-state index contributed by atoms with van der Waals surface area (Å²) in [6.07, 6.45) is 0. The van der Waals surface area contributed by atoms with Gasteiger partial charge >= 0.3 is 0 Å². The number of nitrogens with zero attached hydrogens (tertiary/aromatic N) is 4. The number of hydrogen-bond donors (Lipinski definition) is 1. The summed E-state index contributed by atoms with van der Waals surface area (Å²) in [6.45, 7) is 6.65. The number of hydrogen-bond acceptors (Lipinski definition) is 5. The number of aryl methyl sites for hydroxylation is 2. The zero-order valence-electron chi connectivity index (χ0n) is 17.6. The standard InChI is InChI=1S/C23H27N5O/c1-6-28(20-9-7-8-16(2)14-20)22-15-21(24-17(3)25-22)23(29)26-18-10-12-19(13-11-18)27(4)5/h7-15H,6H2,1-5H3,(H,26,29). The van der Waals surface area contributed by atoms with Gasteiger partial charge in [0.05, 0.1) is 0 Å². The Labute approximate surface area is 172 Å². The van der Waals surface area contributed by atoms with Crippen LogP contribution in [0.15, 0.2) is 54.6 Å². The number of carbonyl (C=O) groups excluding carboxylic acids is 1. The summed E-state index contributed by atoms with van der Waals surface area (Å²) in [4.78, 5) is 25.8. The Kier molecular flexibility index (Phi) is 6.12. The van der Waals surface area contributed by atoms with E-state index in [1.165, 1.54) is 5.56 Å². The van der Waals surface area contributed by atoms with E-state index < -0.39 is 0 Å². The maximum Gasteiger partial charge on any atom is 0.274 e. The van der Waals surface area contributed by atoms with E-state index in [0.717, 1.165) is 23.6 Å². The lowest BCUT2D eigenvalue weighted by atomic mass is 10.2. The molecule has 3 rings (SSSR count). The smallest absolute Gasteiger partial charge is 0.274 e. The van der Waals surface area contributed by atoms with Crippen LogP contribution in [-0.2, 0) is 0 Å². The minimum Gasteiger partial charge on any atom is -0.378 e. The van der Waals surface area contributed by atoms with Crippen molar-refractivity contribution in [3.05, 3.63) is 71.7 Å². The van der Waals surface area contributed by atoms with E-state index in [1.807, 2.05) is 55.4 Å². The normalized spacial score (nSPS) is 10.5. The molecule has 0 saturated heterocycles. The second kappa shape index (κ2) is 8.73. The fourth-order valence-corrected chi connectivity index (χ4v) is 3.12. The summed E-state index contributed by atoms with van der Waals surface area (Å²) < 4.78 is 0. The first-order valence-electron chi connectivity index (χ1n) is 9.66. The molecule has 0 fully saturated rings. The van der Waals surface area contributed by atoms with Crippen LogP contribution in [0.3, 0.4) is 0 Å². The van der Waals surface area contributed by atoms with E-state index in [2.05, 4.69) is 46.2 Å². The van der Waals surface area contributed by atoms with Crippen molar-refractivity contribution in [2.75, 3.05) is 35.8 Å². The molecule has 0 atom stereocenters. The second-order valence-corrected chi connectivity index (χ2v) is 7.14. The summed E-state index contributed by atoms with van der Waals surface area (Å²) in [7, 11) is 3.96. The number of rotatable bonds is 6. The van der Waals surface area contributed by atoms with E-state index in [0.29, 0.717) is 17.3 Å². The lowest BCUT2D eigenvalue weighted by molar-refractivity contribution is 0.102. The third-order valence-electron chi connectivity index (χ3n) is 4.60. The average molecular weight is 390 g/mol. The molecule has 150 valence electrons. The van der Waals surface area contributed by atoms with Gasteiger partial charge < -0.3 is 15.1 Å². The molecule has 0 spiro atoms. The highest BCUT2D eigenvalue weighted by Gasteiger charge is 2.15. The molecule has 1 heterocycles. The number of anilines is 4. The second-order valence-electron chi connectivity index (χ2n) is 7.14. The van der Waals surface area contributed by atoms with Gasteiger partial charge in [-0.1, -0.05) is 12.1 Å². The zero-order chi connectivity index (χ0) is 21.0. The number of benzene rings is 2. The molecule has 29 heavy (non-hydrogen) atoms. The van der Waals surface area contributed by atoms with Gasteiger partial charge in [0.25, 0.3) is 5.91 Å². The molecule has 0 aliphatic rings. The molecule has 2 aromatic carbocycles. The van der Waals surface area contributed by atoms with Crippen LogP contribution in [0.4, 0.5) is 22.9 Å². The maximum absolute atomic E-state index is 12.8. The number of aromatic nitrogens is 2. The van der Waals surface area contributed by atoms with E-state index in [-0.39, 0.29) is 5.91 Å². The third-order valence-corrected chi connectivity index (χ3v) is 4.60. The minimum atomic E-state index is -0.255. The number of carbonyl (C=O) groups is 1. The van der Waals surface area contributed by atoms with Crippen molar-refractivity contribution in [2.45, 2.75) is 20.8 Å². The van der Waals surface area contributed by atoms with Crippen molar-refractivity contribution in [2.24, 2.45) is 0 Å². The van der Waals surface area contributed by atoms with Gasteiger partial charge in [-0.2, -0.15) is 0 Å². The van der Waals surface area contributed by atoms with Crippen LogP contribution in [0.5, 0.6) is 0 Å². The fourth-order valence-electron chi connectivity index (χ4n) is 3.12. The maximum atomic E-state index is 12.8. The Morgan fingerprint density at radius 1 is 0.966 bits per heavy atom. The van der Waals surface area contributed by atoms with E-state index >= 15 is 0 Å². The monoisotopic (exact) mass is 389 g/mol. The van der Waals surface area contributed by atoms with Crippen molar-refractivity contribution < 1.29 is 4.79 Å². The quantitative estimate of drug-likeness (QED) is 0.669. The van der Waals surface area contributed by atoms with E-state index in [4.69, 9.17) is 0 Å². The zero-order valence-corrected chi connectivity index (χ0v) is 17.6. The van der Waals surface area contributed by atoms with Gasteiger partial charge in [-0.05, 0) is 62.7 Å². The Bertz CT molecular complexity index is 998. The van der Waals surface area contributed by atoms with Gasteiger partial charge in [0.15, 0.2) is 0 Å². The Balaban J connectivity index is 1.86. The molecule has 0 aliphatic heterocycles. The summed E-state index contributed by atoms with van der Waals surface area (Å²) in [5, 5.41) is 2.92. The van der Waals surface area contributed by atoms with Gasteiger partial charge in [-0.25, -0.2) is 9.97 Å². The third kappa shape index (κ3) is 4.90. The Hall–Kier alpha value is -3.41. The van der Waals surface area contributed by atoms with Gasteiger partial charge in [0, 0.05) is 43.8 Å². The van der Waals surface area contributed by atoms with Crippen molar-refractivity contribution in [1.29, 1.82) is 0 Å². The first kappa shape index (κ1) is 20.3. The van der Waals surface area contributed by atoms with Crippen LogP contribution < -0.4 is 15.1 Å². The Morgan fingerprint density at radius 2 is 1.69 bits per heavy atom. The van der Waals surface area contributed by atoms with Crippen LogP contribution in [0.1, 0.15) is 28.8 Å². The average Bonchev–Trinajstić information content (AvgIpc) is 2.68. The van der Waals surface area contributed by atoms with Crippen LogP contribution >= 0.6 is 0 Å². The highest BCUT2D eigenvalue weighted by molar-refractivity contribution is 6.03. The highest BCUT2D eigenvalue weighted by atomic mass is 16.1. The molecule has 0 bridgehead atoms. The summed E-state index contributed by atoms with van der Waals surface area (Å²) in [5.74, 6) is 1.01. The van der Waals surface area contributed by atoms with Gasteiger partial charge in [-0.3, -0.25) is 4.79 Å². The molecule has 1 N–H and O–H groups in total. The van der Waals surface area contributed by atoms with E-state index in [1.54, 1.807) is 13.0 Å². The predicted octanol–water partition coefficient (Wildman–Crippen LogP) is 4.57. The predicted molar refractivity (Wildman–Crippen MR) is 119 cm³/mol. The molecule has 0 saturated carbocycles. The SMILES string of the molecule is CCN(c1cccc(C)c1)c1cc(C(=O)Nc2ccc(N(C)C)cc2)nc(C)n1. The summed E-state index contributed by atoms with van der Waals surface area (Å²) in [5.41, 5.74) is 4.35. The van der Waals surface area contributed by atoms with Gasteiger partial charge in [-0.15, -0.1) is 0 Å². The minimum absolute atomic E-state index is 0.255. The molecule has 3 aromatic rings. The molecule has 6 nitrogen and oxygen atoms in total. The number of nitrogens with one attached hydrogen (secondary N) is 1. The molecular weight excluding hydrogens is 362 g/mol. The van der Waals surface area contributed by atoms with Crippen LogP contribution in [-0.4, -0.2) is 36.5 Å². The molecule has 0 unspecified atom stereocenters. The molecule has 0 radical (unpaired) electrons. The highest BCUT2D eigenvalue weighted by Crippen LogP contribution is 2.25. The first-order chi connectivity index (χ1) is 13.9. The summed E-state index contributed by atoms with van der Waals surface area (Å²) >= 11 is 0. The molecular formula is C23H27N5O. The van der Waals surface area contributed by atoms with Crippen molar-refractivity contribution >= 4 is 28.8 Å². The largest absolute Gasteiger partial charge is 0.378 e. The van der Waals surface area contributed by atoms with Crippen molar-refractivity contribution in [3.63, 3.8) is 0 Å².